The monoisotopic (exact) mass is 311 g/mol. The Labute approximate surface area is 128 Å². The van der Waals surface area contributed by atoms with Crippen LogP contribution in [0.25, 0.3) is 0 Å². The minimum Gasteiger partial charge on any atom is -0.385 e. The van der Waals surface area contributed by atoms with E-state index in [2.05, 4.69) is 32.6 Å². The number of hydrogen-bond acceptors (Lipinski definition) is 7. The fourth-order valence-corrected chi connectivity index (χ4v) is 2.70. The summed E-state index contributed by atoms with van der Waals surface area (Å²) in [6.45, 7) is 4.60. The van der Waals surface area contributed by atoms with Crippen LogP contribution in [0, 0.1) is 0 Å². The number of tetrazole rings is 1. The number of unbranched alkanes of at least 4 members (excludes halogenated alkanes) is 1. The van der Waals surface area contributed by atoms with E-state index >= 15 is 0 Å². The van der Waals surface area contributed by atoms with Crippen molar-refractivity contribution < 1.29 is 4.74 Å². The molecule has 0 radical (unpaired) electrons. The second-order valence-corrected chi connectivity index (χ2v) is 5.56. The van der Waals surface area contributed by atoms with Crippen molar-refractivity contribution in [3.63, 3.8) is 0 Å². The topological polar surface area (TPSA) is 83.5 Å². The Bertz CT molecular complexity index is 527. The largest absolute Gasteiger partial charge is 0.385 e. The summed E-state index contributed by atoms with van der Waals surface area (Å²) in [5, 5.41) is 20.8. The van der Waals surface area contributed by atoms with Crippen molar-refractivity contribution in [3.8, 4) is 0 Å². The number of nitrogens with zero attached hydrogens (tertiary/aromatic N) is 7. The molecule has 0 aliphatic heterocycles. The highest BCUT2D eigenvalue weighted by Crippen LogP contribution is 2.19. The van der Waals surface area contributed by atoms with E-state index in [0.717, 1.165) is 49.9 Å². The molecule has 116 valence electrons. The molecule has 0 atom stereocenters. The Hall–Kier alpha value is -1.48. The van der Waals surface area contributed by atoms with Crippen molar-refractivity contribution in [1.82, 2.24) is 35.0 Å². The van der Waals surface area contributed by atoms with Gasteiger partial charge in [-0.1, -0.05) is 25.1 Å². The average molecular weight is 311 g/mol. The molecule has 0 fully saturated rings. The van der Waals surface area contributed by atoms with Crippen LogP contribution in [-0.2, 0) is 23.6 Å². The number of aryl methyl sites for hydroxylation is 2. The van der Waals surface area contributed by atoms with Gasteiger partial charge in [-0.3, -0.25) is 0 Å². The molecule has 0 saturated heterocycles. The number of aromatic nitrogens is 7. The molecule has 9 heteroatoms. The second kappa shape index (κ2) is 8.73. The van der Waals surface area contributed by atoms with E-state index in [1.807, 2.05) is 9.25 Å². The summed E-state index contributed by atoms with van der Waals surface area (Å²) in [4.78, 5) is 0. The fraction of sp³-hybridized carbons (Fsp3) is 0.750. The van der Waals surface area contributed by atoms with Gasteiger partial charge in [-0.2, -0.15) is 0 Å². The first-order valence-electron chi connectivity index (χ1n) is 7.09. The van der Waals surface area contributed by atoms with Gasteiger partial charge in [0.1, 0.15) is 6.33 Å². The van der Waals surface area contributed by atoms with Crippen LogP contribution < -0.4 is 0 Å². The van der Waals surface area contributed by atoms with E-state index < -0.39 is 0 Å². The van der Waals surface area contributed by atoms with Gasteiger partial charge < -0.3 is 9.30 Å². The third-order valence-corrected chi connectivity index (χ3v) is 3.96. The van der Waals surface area contributed by atoms with Gasteiger partial charge in [-0.15, -0.1) is 15.3 Å². The summed E-state index contributed by atoms with van der Waals surface area (Å²) in [7, 11) is 1.71. The SMILES string of the molecule is CCCCn1nnnc1CSc1nncn1CCCOC. The lowest BCUT2D eigenvalue weighted by Gasteiger charge is -2.06. The predicted octanol–water partition coefficient (Wildman–Crippen LogP) is 1.39. The molecule has 0 aliphatic rings. The van der Waals surface area contributed by atoms with Crippen molar-refractivity contribution >= 4 is 11.8 Å². The molecule has 0 saturated carbocycles. The molecule has 21 heavy (non-hydrogen) atoms. The van der Waals surface area contributed by atoms with Crippen LogP contribution in [-0.4, -0.2) is 48.7 Å². The van der Waals surface area contributed by atoms with Gasteiger partial charge in [0.25, 0.3) is 0 Å². The molecule has 2 heterocycles. The zero-order valence-electron chi connectivity index (χ0n) is 12.5. The van der Waals surface area contributed by atoms with Crippen LogP contribution in [0.2, 0.25) is 0 Å². The maximum absolute atomic E-state index is 5.06. The Morgan fingerprint density at radius 2 is 2.14 bits per heavy atom. The zero-order valence-corrected chi connectivity index (χ0v) is 13.3. The highest BCUT2D eigenvalue weighted by Gasteiger charge is 2.10. The van der Waals surface area contributed by atoms with Crippen LogP contribution in [0.4, 0.5) is 0 Å². The Kier molecular flexibility index (Phi) is 6.61. The number of rotatable bonds is 10. The van der Waals surface area contributed by atoms with Gasteiger partial charge in [-0.25, -0.2) is 4.68 Å². The predicted molar refractivity (Wildman–Crippen MR) is 78.8 cm³/mol. The van der Waals surface area contributed by atoms with Crippen molar-refractivity contribution in [3.05, 3.63) is 12.2 Å². The van der Waals surface area contributed by atoms with Crippen LogP contribution in [0.5, 0.6) is 0 Å². The van der Waals surface area contributed by atoms with Crippen LogP contribution in [0.3, 0.4) is 0 Å². The number of ether oxygens (including phenoxy) is 1. The fourth-order valence-electron chi connectivity index (χ4n) is 1.83. The zero-order chi connectivity index (χ0) is 14.9. The Morgan fingerprint density at radius 1 is 1.24 bits per heavy atom. The van der Waals surface area contributed by atoms with Crippen molar-refractivity contribution in [2.45, 2.75) is 50.2 Å². The average Bonchev–Trinajstić information content (AvgIpc) is 3.12. The van der Waals surface area contributed by atoms with E-state index in [-0.39, 0.29) is 0 Å². The lowest BCUT2D eigenvalue weighted by atomic mass is 10.3. The van der Waals surface area contributed by atoms with Gasteiger partial charge in [0.05, 0.1) is 5.75 Å². The maximum Gasteiger partial charge on any atom is 0.191 e. The highest BCUT2D eigenvalue weighted by molar-refractivity contribution is 7.98. The summed E-state index contributed by atoms with van der Waals surface area (Å²) < 4.78 is 8.96. The Balaban J connectivity index is 1.88. The summed E-state index contributed by atoms with van der Waals surface area (Å²) in [6.07, 6.45) is 4.89. The maximum atomic E-state index is 5.06. The Morgan fingerprint density at radius 3 is 2.95 bits per heavy atom. The molecule has 2 aromatic rings. The molecule has 0 bridgehead atoms. The highest BCUT2D eigenvalue weighted by atomic mass is 32.2. The third kappa shape index (κ3) is 4.78. The smallest absolute Gasteiger partial charge is 0.191 e. The molecule has 0 amide bonds. The quantitative estimate of drug-likeness (QED) is 0.484. The molecule has 0 spiro atoms. The molecule has 0 aromatic carbocycles. The summed E-state index contributed by atoms with van der Waals surface area (Å²) >= 11 is 1.60. The molecule has 0 N–H and O–H groups in total. The molecular formula is C12H21N7OS. The number of thioether (sulfide) groups is 1. The minimum atomic E-state index is 0.694. The van der Waals surface area contributed by atoms with Crippen LogP contribution in [0.1, 0.15) is 32.0 Å². The summed E-state index contributed by atoms with van der Waals surface area (Å²) in [6, 6.07) is 0. The lowest BCUT2D eigenvalue weighted by Crippen LogP contribution is -2.06. The lowest BCUT2D eigenvalue weighted by molar-refractivity contribution is 0.189. The van der Waals surface area contributed by atoms with Gasteiger partial charge in [0, 0.05) is 26.8 Å². The summed E-state index contributed by atoms with van der Waals surface area (Å²) in [5.74, 6) is 1.57. The standard InChI is InChI=1S/C12H21N7OS/c1-3-4-7-19-11(14-16-17-19)9-21-12-15-13-10-18(12)6-5-8-20-2/h10H,3-9H2,1-2H3. The molecular weight excluding hydrogens is 290 g/mol. The van der Waals surface area contributed by atoms with Crippen LogP contribution >= 0.6 is 11.8 Å². The van der Waals surface area contributed by atoms with E-state index in [0.29, 0.717) is 5.75 Å². The first kappa shape index (κ1) is 15.9. The molecule has 2 rings (SSSR count). The number of hydrogen-bond donors (Lipinski definition) is 0. The van der Waals surface area contributed by atoms with Gasteiger partial charge in [-0.05, 0) is 23.3 Å². The third-order valence-electron chi connectivity index (χ3n) is 2.99. The van der Waals surface area contributed by atoms with E-state index in [1.165, 1.54) is 0 Å². The molecule has 8 nitrogen and oxygen atoms in total. The van der Waals surface area contributed by atoms with Crippen molar-refractivity contribution in [2.75, 3.05) is 13.7 Å². The van der Waals surface area contributed by atoms with E-state index in [4.69, 9.17) is 4.74 Å². The van der Waals surface area contributed by atoms with E-state index in [9.17, 15) is 0 Å². The number of methoxy groups -OCH3 is 1. The molecule has 0 aliphatic carbocycles. The van der Waals surface area contributed by atoms with Crippen molar-refractivity contribution in [2.24, 2.45) is 0 Å². The first-order valence-corrected chi connectivity index (χ1v) is 8.08. The molecule has 2 aromatic heterocycles. The van der Waals surface area contributed by atoms with E-state index in [1.54, 1.807) is 25.2 Å². The normalized spacial score (nSPS) is 11.1. The van der Waals surface area contributed by atoms with Gasteiger partial charge in [0.15, 0.2) is 11.0 Å². The second-order valence-electron chi connectivity index (χ2n) is 4.61. The van der Waals surface area contributed by atoms with Gasteiger partial charge in [0.2, 0.25) is 0 Å². The van der Waals surface area contributed by atoms with Crippen molar-refractivity contribution in [1.29, 1.82) is 0 Å². The minimum absolute atomic E-state index is 0.694. The van der Waals surface area contributed by atoms with Crippen LogP contribution in [0.15, 0.2) is 11.5 Å². The van der Waals surface area contributed by atoms with Gasteiger partial charge >= 0.3 is 0 Å². The summed E-state index contributed by atoms with van der Waals surface area (Å²) in [5.41, 5.74) is 0. The first-order chi connectivity index (χ1) is 10.3. The molecule has 0 unspecified atom stereocenters.